The van der Waals surface area contributed by atoms with Gasteiger partial charge in [0.15, 0.2) is 0 Å². The van der Waals surface area contributed by atoms with E-state index in [1.807, 2.05) is 7.05 Å². The van der Waals surface area contributed by atoms with Gasteiger partial charge in [0.25, 0.3) is 0 Å². The maximum absolute atomic E-state index is 5.58. The molecular weight excluding hydrogens is 313 g/mol. The first kappa shape index (κ1) is 18.1. The van der Waals surface area contributed by atoms with Gasteiger partial charge in [0, 0.05) is 7.05 Å². The second-order valence-corrected chi connectivity index (χ2v) is 7.01. The maximum atomic E-state index is 5.58. The molecule has 0 unspecified atom stereocenters. The second kappa shape index (κ2) is 8.15. The first-order chi connectivity index (χ1) is 12.7. The Morgan fingerprint density at radius 1 is 1.23 bits per heavy atom. The van der Waals surface area contributed by atoms with Gasteiger partial charge < -0.3 is 5.32 Å². The number of hydrogen-bond acceptors (Lipinski definition) is 1. The van der Waals surface area contributed by atoms with Gasteiger partial charge in [0.1, 0.15) is 0 Å². The van der Waals surface area contributed by atoms with Crippen molar-refractivity contribution in [2.24, 2.45) is 0 Å². The van der Waals surface area contributed by atoms with E-state index in [0.717, 1.165) is 24.1 Å². The van der Waals surface area contributed by atoms with E-state index in [9.17, 15) is 0 Å². The number of nitrogens with one attached hydrogen (secondary N) is 1. The van der Waals surface area contributed by atoms with Gasteiger partial charge in [-0.15, -0.1) is 19.0 Å². The summed E-state index contributed by atoms with van der Waals surface area (Å²) in [5.74, 6) is 4.82. The molecule has 1 heterocycles. The Kier molecular flexibility index (Phi) is 5.69. The molecule has 2 heteroatoms. The van der Waals surface area contributed by atoms with Crippen molar-refractivity contribution >= 4 is 17.7 Å². The summed E-state index contributed by atoms with van der Waals surface area (Å²) >= 11 is 0. The van der Waals surface area contributed by atoms with Gasteiger partial charge in [-0.25, -0.2) is 0 Å². The average Bonchev–Trinajstić information content (AvgIpc) is 3.09. The summed E-state index contributed by atoms with van der Waals surface area (Å²) in [4.78, 5) is 0. The third kappa shape index (κ3) is 3.78. The highest BCUT2D eigenvalue weighted by atomic mass is 14.8. The molecule has 0 saturated heterocycles. The monoisotopic (exact) mass is 339 g/mol. The quantitative estimate of drug-likeness (QED) is 0.619. The molecule has 0 radical (unpaired) electrons. The van der Waals surface area contributed by atoms with Crippen LogP contribution in [0.15, 0.2) is 60.7 Å². The van der Waals surface area contributed by atoms with Gasteiger partial charge in [-0.05, 0) is 48.4 Å². The van der Waals surface area contributed by atoms with Gasteiger partial charge in [-0.3, -0.25) is 0 Å². The lowest BCUT2D eigenvalue weighted by atomic mass is 9.46. The lowest BCUT2D eigenvalue weighted by molar-refractivity contribution is 0.959. The zero-order valence-corrected chi connectivity index (χ0v) is 15.8. The minimum absolute atomic E-state index is 0.532. The van der Waals surface area contributed by atoms with Crippen LogP contribution in [0.2, 0.25) is 6.32 Å². The molecule has 2 aromatic carbocycles. The molecule has 1 nitrogen and oxygen atoms in total. The number of aryl methyl sites for hydroxylation is 3. The van der Waals surface area contributed by atoms with E-state index in [2.05, 4.69) is 73.2 Å². The molecule has 130 valence electrons. The van der Waals surface area contributed by atoms with Gasteiger partial charge in [-0.1, -0.05) is 65.7 Å². The Balaban J connectivity index is 1.75. The standard InChI is InChI=1S/C24H26BN/c1-5-24(26-4)18(3)22-9-7-8-19(16-22)10-11-20-12-13-21-14-15-25(6-2)23(21)17-20/h1,6-9,12-13,16-17,26H,2,10-11,14-15H2,3-4H3/b24-18+. The third-order valence-electron chi connectivity index (χ3n) is 5.45. The van der Waals surface area contributed by atoms with E-state index in [0.29, 0.717) is 6.71 Å². The van der Waals surface area contributed by atoms with E-state index < -0.39 is 0 Å². The van der Waals surface area contributed by atoms with Crippen molar-refractivity contribution < 1.29 is 0 Å². The SMILES string of the molecule is C#C/C(NC)=C(/C)c1cccc(CCc2ccc3c(c2)B(C=C)CC3)c1. The topological polar surface area (TPSA) is 12.0 Å². The summed E-state index contributed by atoms with van der Waals surface area (Å²) in [6.07, 6.45) is 10.1. The maximum Gasteiger partial charge on any atom is 0.201 e. The summed E-state index contributed by atoms with van der Waals surface area (Å²) in [6.45, 7) is 6.60. The molecule has 0 atom stereocenters. The number of hydrogen-bond donors (Lipinski definition) is 1. The lowest BCUT2D eigenvalue weighted by Crippen LogP contribution is -2.24. The Hall–Kier alpha value is -2.66. The Bertz CT molecular complexity index is 885. The van der Waals surface area contributed by atoms with E-state index in [1.54, 1.807) is 0 Å². The van der Waals surface area contributed by atoms with Crippen LogP contribution in [0.3, 0.4) is 0 Å². The van der Waals surface area contributed by atoms with E-state index in [1.165, 1.54) is 40.5 Å². The van der Waals surface area contributed by atoms with Crippen LogP contribution in [0.25, 0.3) is 5.57 Å². The fourth-order valence-corrected chi connectivity index (χ4v) is 3.85. The predicted molar refractivity (Wildman–Crippen MR) is 115 cm³/mol. The minimum Gasteiger partial charge on any atom is -0.381 e. The first-order valence-electron chi connectivity index (χ1n) is 9.35. The van der Waals surface area contributed by atoms with E-state index in [4.69, 9.17) is 6.42 Å². The second-order valence-electron chi connectivity index (χ2n) is 7.01. The smallest absolute Gasteiger partial charge is 0.201 e. The molecule has 2 aromatic rings. The molecule has 0 fully saturated rings. The van der Waals surface area contributed by atoms with Crippen LogP contribution < -0.4 is 10.8 Å². The molecule has 0 bridgehead atoms. The van der Waals surface area contributed by atoms with E-state index >= 15 is 0 Å². The Morgan fingerprint density at radius 3 is 2.69 bits per heavy atom. The molecule has 26 heavy (non-hydrogen) atoms. The number of allylic oxidation sites excluding steroid dienone is 2. The van der Waals surface area contributed by atoms with Crippen LogP contribution in [0.5, 0.6) is 0 Å². The highest BCUT2D eigenvalue weighted by molar-refractivity contribution is 6.79. The third-order valence-corrected chi connectivity index (χ3v) is 5.45. The summed E-state index contributed by atoms with van der Waals surface area (Å²) < 4.78 is 0. The normalized spacial score (nSPS) is 13.7. The van der Waals surface area contributed by atoms with Crippen LogP contribution in [0.1, 0.15) is 29.2 Å². The molecule has 1 aliphatic heterocycles. The van der Waals surface area contributed by atoms with Crippen molar-refractivity contribution in [1.29, 1.82) is 0 Å². The van der Waals surface area contributed by atoms with Crippen LogP contribution in [-0.2, 0) is 19.3 Å². The number of terminal acetylenes is 1. The van der Waals surface area contributed by atoms with Crippen molar-refractivity contribution in [3.8, 4) is 12.3 Å². The van der Waals surface area contributed by atoms with Crippen molar-refractivity contribution in [2.75, 3.05) is 7.05 Å². The van der Waals surface area contributed by atoms with Gasteiger partial charge in [0.05, 0.1) is 5.70 Å². The Labute approximate surface area is 158 Å². The van der Waals surface area contributed by atoms with Crippen LogP contribution in [0, 0.1) is 12.3 Å². The van der Waals surface area contributed by atoms with Crippen LogP contribution >= 0.6 is 0 Å². The average molecular weight is 339 g/mol. The van der Waals surface area contributed by atoms with Crippen LogP contribution in [0.4, 0.5) is 0 Å². The first-order valence-corrected chi connectivity index (χ1v) is 9.35. The predicted octanol–water partition coefficient (Wildman–Crippen LogP) is 4.04. The van der Waals surface area contributed by atoms with E-state index in [-0.39, 0.29) is 0 Å². The summed E-state index contributed by atoms with van der Waals surface area (Å²) in [6, 6.07) is 15.7. The fourth-order valence-electron chi connectivity index (χ4n) is 3.85. The molecular formula is C24H26BN. The van der Waals surface area contributed by atoms with Crippen molar-refractivity contribution in [3.63, 3.8) is 0 Å². The Morgan fingerprint density at radius 2 is 2.00 bits per heavy atom. The molecule has 0 aromatic heterocycles. The van der Waals surface area contributed by atoms with Crippen molar-refractivity contribution in [1.82, 2.24) is 5.32 Å². The molecule has 0 spiro atoms. The molecule has 1 N–H and O–H groups in total. The highest BCUT2D eigenvalue weighted by Crippen LogP contribution is 2.20. The number of fused-ring (bicyclic) bond motifs is 1. The van der Waals surface area contributed by atoms with Gasteiger partial charge >= 0.3 is 0 Å². The molecule has 0 amide bonds. The molecule has 0 saturated carbocycles. The van der Waals surface area contributed by atoms with Gasteiger partial charge in [-0.2, -0.15) is 0 Å². The number of benzene rings is 2. The molecule has 0 aliphatic carbocycles. The molecule has 3 rings (SSSR count). The summed E-state index contributed by atoms with van der Waals surface area (Å²) in [5, 5.41) is 3.10. The van der Waals surface area contributed by atoms with Gasteiger partial charge in [0.2, 0.25) is 6.71 Å². The summed E-state index contributed by atoms with van der Waals surface area (Å²) in [7, 11) is 1.87. The van der Waals surface area contributed by atoms with Crippen molar-refractivity contribution in [3.05, 3.63) is 83.0 Å². The summed E-state index contributed by atoms with van der Waals surface area (Å²) in [5.41, 5.74) is 8.88. The zero-order valence-electron chi connectivity index (χ0n) is 15.8. The van der Waals surface area contributed by atoms with Crippen molar-refractivity contribution in [2.45, 2.75) is 32.5 Å². The minimum atomic E-state index is 0.532. The van der Waals surface area contributed by atoms with Crippen LogP contribution in [-0.4, -0.2) is 13.8 Å². The number of rotatable bonds is 6. The highest BCUT2D eigenvalue weighted by Gasteiger charge is 2.23. The zero-order chi connectivity index (χ0) is 18.5. The largest absolute Gasteiger partial charge is 0.381 e. The fraction of sp³-hybridized carbons (Fsp3) is 0.250. The molecule has 1 aliphatic rings. The lowest BCUT2D eigenvalue weighted by Gasteiger charge is -2.10.